The lowest BCUT2D eigenvalue weighted by Gasteiger charge is -2.17. The summed E-state index contributed by atoms with van der Waals surface area (Å²) in [7, 11) is 0. The zero-order valence-corrected chi connectivity index (χ0v) is 12.2. The molecule has 1 amide bonds. The molecule has 2 unspecified atom stereocenters. The van der Waals surface area contributed by atoms with E-state index in [4.69, 9.17) is 5.11 Å². The number of rotatable bonds is 7. The molecule has 1 aromatic carbocycles. The van der Waals surface area contributed by atoms with Gasteiger partial charge in [-0.05, 0) is 31.2 Å². The second-order valence-electron chi connectivity index (χ2n) is 5.10. The highest BCUT2D eigenvalue weighted by Gasteiger charge is 2.37. The summed E-state index contributed by atoms with van der Waals surface area (Å²) in [6, 6.07) is 9.20. The Balaban J connectivity index is 1.81. The van der Waals surface area contributed by atoms with Crippen molar-refractivity contribution in [2.24, 2.45) is 5.92 Å². The van der Waals surface area contributed by atoms with E-state index < -0.39 is 12.0 Å². The van der Waals surface area contributed by atoms with Crippen LogP contribution in [0, 0.1) is 5.92 Å². The molecule has 0 aromatic heterocycles. The number of carboxylic acid groups (broad SMARTS) is 1. The molecule has 1 aliphatic carbocycles. The minimum absolute atomic E-state index is 0.114. The van der Waals surface area contributed by atoms with Gasteiger partial charge in [-0.25, -0.2) is 4.79 Å². The summed E-state index contributed by atoms with van der Waals surface area (Å²) in [5.74, 6) is -0.259. The lowest BCUT2D eigenvalue weighted by molar-refractivity contribution is -0.142. The lowest BCUT2D eigenvalue weighted by Crippen LogP contribution is -2.45. The predicted molar refractivity (Wildman–Crippen MR) is 79.5 cm³/mol. The zero-order chi connectivity index (χ0) is 14.5. The first-order valence-corrected chi connectivity index (χ1v) is 7.81. The highest BCUT2D eigenvalue weighted by atomic mass is 32.2. The summed E-state index contributed by atoms with van der Waals surface area (Å²) in [4.78, 5) is 23.1. The molecule has 108 valence electrons. The molecule has 0 spiro atoms. The number of hydrogen-bond donors (Lipinski definition) is 2. The summed E-state index contributed by atoms with van der Waals surface area (Å²) >= 11 is 1.52. The van der Waals surface area contributed by atoms with E-state index in [0.29, 0.717) is 0 Å². The van der Waals surface area contributed by atoms with Gasteiger partial charge in [0, 0.05) is 5.75 Å². The second kappa shape index (κ2) is 6.79. The minimum atomic E-state index is -0.930. The molecular weight excluding hydrogens is 274 g/mol. The van der Waals surface area contributed by atoms with Gasteiger partial charge >= 0.3 is 5.97 Å². The molecule has 0 saturated heterocycles. The van der Waals surface area contributed by atoms with Gasteiger partial charge in [-0.2, -0.15) is 0 Å². The molecule has 2 atom stereocenters. The Morgan fingerprint density at radius 1 is 1.35 bits per heavy atom. The van der Waals surface area contributed by atoms with Crippen LogP contribution in [0.1, 0.15) is 25.3 Å². The molecule has 1 fully saturated rings. The monoisotopic (exact) mass is 293 g/mol. The summed E-state index contributed by atoms with van der Waals surface area (Å²) in [6.07, 6.45) is 1.78. The summed E-state index contributed by atoms with van der Waals surface area (Å²) in [5, 5.41) is 11.5. The van der Waals surface area contributed by atoms with Gasteiger partial charge in [0.1, 0.15) is 6.04 Å². The molecule has 1 aromatic rings. The maximum atomic E-state index is 12.0. The first-order valence-electron chi connectivity index (χ1n) is 6.76. The van der Waals surface area contributed by atoms with Crippen molar-refractivity contribution in [3.63, 3.8) is 0 Å². The average molecular weight is 293 g/mol. The van der Waals surface area contributed by atoms with Gasteiger partial charge in [0.2, 0.25) is 5.91 Å². The number of hydrogen-bond acceptors (Lipinski definition) is 3. The Kier molecular flexibility index (Phi) is 5.06. The van der Waals surface area contributed by atoms with Gasteiger partial charge < -0.3 is 10.4 Å². The topological polar surface area (TPSA) is 66.4 Å². The molecular formula is C15H19NO3S. The van der Waals surface area contributed by atoms with Gasteiger partial charge in [0.15, 0.2) is 0 Å². The fourth-order valence-corrected chi connectivity index (χ4v) is 2.81. The van der Waals surface area contributed by atoms with Gasteiger partial charge in [-0.1, -0.05) is 30.3 Å². The standard InChI is InChI=1S/C15H19NO3S/c1-10(20-9-11-5-3-2-4-6-11)14(17)16-13(15(18)19)12-7-8-12/h2-6,10,12-13H,7-9H2,1H3,(H,16,17)(H,18,19). The van der Waals surface area contributed by atoms with Crippen molar-refractivity contribution in [2.45, 2.75) is 36.8 Å². The third kappa shape index (κ3) is 4.27. The van der Waals surface area contributed by atoms with E-state index in [1.807, 2.05) is 37.3 Å². The number of benzene rings is 1. The van der Waals surface area contributed by atoms with Crippen LogP contribution in [0.4, 0.5) is 0 Å². The largest absolute Gasteiger partial charge is 0.480 e. The van der Waals surface area contributed by atoms with Crippen LogP contribution in [0.25, 0.3) is 0 Å². The van der Waals surface area contributed by atoms with Crippen molar-refractivity contribution >= 4 is 23.6 Å². The van der Waals surface area contributed by atoms with Crippen molar-refractivity contribution in [2.75, 3.05) is 0 Å². The number of aliphatic carboxylic acids is 1. The van der Waals surface area contributed by atoms with E-state index in [1.54, 1.807) is 0 Å². The van der Waals surface area contributed by atoms with E-state index in [2.05, 4.69) is 5.32 Å². The van der Waals surface area contributed by atoms with Gasteiger partial charge in [-0.15, -0.1) is 11.8 Å². The van der Waals surface area contributed by atoms with E-state index in [1.165, 1.54) is 11.8 Å². The molecule has 1 aliphatic rings. The first kappa shape index (κ1) is 14.9. The van der Waals surface area contributed by atoms with E-state index >= 15 is 0 Å². The molecule has 1 saturated carbocycles. The molecule has 5 heteroatoms. The molecule has 2 N–H and O–H groups in total. The fraction of sp³-hybridized carbons (Fsp3) is 0.467. The summed E-state index contributed by atoms with van der Waals surface area (Å²) in [5.41, 5.74) is 1.16. The highest BCUT2D eigenvalue weighted by molar-refractivity contribution is 7.99. The maximum absolute atomic E-state index is 12.0. The van der Waals surface area contributed by atoms with Crippen molar-refractivity contribution < 1.29 is 14.7 Å². The second-order valence-corrected chi connectivity index (χ2v) is 6.43. The van der Waals surface area contributed by atoms with Crippen molar-refractivity contribution in [3.05, 3.63) is 35.9 Å². The van der Waals surface area contributed by atoms with Crippen molar-refractivity contribution in [1.29, 1.82) is 0 Å². The number of nitrogens with one attached hydrogen (secondary N) is 1. The SMILES string of the molecule is CC(SCc1ccccc1)C(=O)NC(C(=O)O)C1CC1. The lowest BCUT2D eigenvalue weighted by atomic mass is 10.2. The normalized spacial score (nSPS) is 17.2. The zero-order valence-electron chi connectivity index (χ0n) is 11.4. The van der Waals surface area contributed by atoms with Crippen LogP contribution in [-0.2, 0) is 15.3 Å². The smallest absolute Gasteiger partial charge is 0.326 e. The molecule has 0 bridgehead atoms. The van der Waals surface area contributed by atoms with Crippen LogP contribution in [0.2, 0.25) is 0 Å². The van der Waals surface area contributed by atoms with Crippen molar-refractivity contribution in [3.8, 4) is 0 Å². The van der Waals surface area contributed by atoms with E-state index in [-0.39, 0.29) is 17.1 Å². The number of carbonyl (C=O) groups is 2. The molecule has 4 nitrogen and oxygen atoms in total. The Morgan fingerprint density at radius 3 is 2.55 bits per heavy atom. The highest BCUT2D eigenvalue weighted by Crippen LogP contribution is 2.33. The number of carboxylic acids is 1. The summed E-state index contributed by atoms with van der Waals surface area (Å²) < 4.78 is 0. The van der Waals surface area contributed by atoms with Crippen LogP contribution < -0.4 is 5.32 Å². The Hall–Kier alpha value is -1.49. The van der Waals surface area contributed by atoms with Gasteiger partial charge in [0.25, 0.3) is 0 Å². The van der Waals surface area contributed by atoms with Gasteiger partial charge in [0.05, 0.1) is 5.25 Å². The van der Waals surface area contributed by atoms with Crippen molar-refractivity contribution in [1.82, 2.24) is 5.32 Å². The Labute approximate surface area is 123 Å². The van der Waals surface area contributed by atoms with Crippen LogP contribution in [-0.4, -0.2) is 28.3 Å². The molecule has 0 radical (unpaired) electrons. The maximum Gasteiger partial charge on any atom is 0.326 e. The molecule has 0 heterocycles. The molecule has 20 heavy (non-hydrogen) atoms. The number of carbonyl (C=O) groups excluding carboxylic acids is 1. The Morgan fingerprint density at radius 2 is 2.00 bits per heavy atom. The van der Waals surface area contributed by atoms with Gasteiger partial charge in [-0.3, -0.25) is 4.79 Å². The average Bonchev–Trinajstić information content (AvgIpc) is 3.27. The quantitative estimate of drug-likeness (QED) is 0.809. The molecule has 2 rings (SSSR count). The van der Waals surface area contributed by atoms with Crippen LogP contribution >= 0.6 is 11.8 Å². The third-order valence-electron chi connectivity index (χ3n) is 3.37. The van der Waals surface area contributed by atoms with E-state index in [0.717, 1.165) is 24.2 Å². The molecule has 0 aliphatic heterocycles. The first-order chi connectivity index (χ1) is 9.58. The number of amides is 1. The third-order valence-corrected chi connectivity index (χ3v) is 4.58. The Bertz CT molecular complexity index is 473. The predicted octanol–water partition coefficient (Wildman–Crippen LogP) is 2.29. The number of thioether (sulfide) groups is 1. The van der Waals surface area contributed by atoms with E-state index in [9.17, 15) is 9.59 Å². The summed E-state index contributed by atoms with van der Waals surface area (Å²) in [6.45, 7) is 1.81. The van der Waals surface area contributed by atoms with Crippen LogP contribution in [0.5, 0.6) is 0 Å². The fourth-order valence-electron chi connectivity index (χ4n) is 1.95. The van der Waals surface area contributed by atoms with Crippen LogP contribution in [0.15, 0.2) is 30.3 Å². The minimum Gasteiger partial charge on any atom is -0.480 e. The van der Waals surface area contributed by atoms with Crippen LogP contribution in [0.3, 0.4) is 0 Å².